The van der Waals surface area contributed by atoms with E-state index in [1.54, 1.807) is 6.20 Å². The fourth-order valence-corrected chi connectivity index (χ4v) is 3.99. The number of rotatable bonds is 14. The summed E-state index contributed by atoms with van der Waals surface area (Å²) < 4.78 is 0. The number of hydrogen-bond acceptors (Lipinski definition) is 7. The van der Waals surface area contributed by atoms with Gasteiger partial charge in [-0.05, 0) is 24.0 Å². The van der Waals surface area contributed by atoms with E-state index < -0.39 is 60.2 Å². The number of aromatic nitrogens is 1. The first kappa shape index (κ1) is 29.6. The Hall–Kier alpha value is -3.58. The fourth-order valence-electron chi connectivity index (χ4n) is 3.74. The van der Waals surface area contributed by atoms with Crippen LogP contribution in [0.1, 0.15) is 32.3 Å². The molecule has 2 aromatic rings. The van der Waals surface area contributed by atoms with Crippen molar-refractivity contribution < 1.29 is 34.2 Å². The molecule has 0 spiro atoms. The van der Waals surface area contributed by atoms with Crippen LogP contribution in [-0.2, 0) is 30.4 Å². The molecule has 37 heavy (non-hydrogen) atoms. The third kappa shape index (κ3) is 8.79. The van der Waals surface area contributed by atoms with Gasteiger partial charge in [0.25, 0.3) is 0 Å². The highest BCUT2D eigenvalue weighted by atomic mass is 32.1. The number of benzene rings is 1. The molecule has 0 radical (unpaired) electrons. The first-order valence-corrected chi connectivity index (χ1v) is 12.3. The van der Waals surface area contributed by atoms with Crippen LogP contribution in [0.25, 0.3) is 10.9 Å². The second-order valence-electron chi connectivity index (χ2n) is 9.10. The molecule has 0 aliphatic heterocycles. The largest absolute Gasteiger partial charge is 0.481 e. The molecule has 1 aromatic heterocycles. The third-order valence-corrected chi connectivity index (χ3v) is 5.97. The fraction of sp³-hybridized carbons (Fsp3) is 0.458. The summed E-state index contributed by atoms with van der Waals surface area (Å²) in [6, 6.07) is 2.24. The number of H-pyrrole nitrogens is 1. The van der Waals surface area contributed by atoms with Gasteiger partial charge in [-0.1, -0.05) is 32.0 Å². The molecule has 13 heteroatoms. The number of fused-ring (bicyclic) bond motifs is 1. The van der Waals surface area contributed by atoms with Crippen LogP contribution in [0.2, 0.25) is 0 Å². The second-order valence-corrected chi connectivity index (χ2v) is 9.47. The molecule has 1 heterocycles. The number of nitrogens with one attached hydrogen (secondary N) is 4. The minimum atomic E-state index is -1.50. The molecule has 202 valence electrons. The Balaban J connectivity index is 2.09. The number of carbonyl (C=O) groups excluding carboxylic acids is 3. The van der Waals surface area contributed by atoms with E-state index >= 15 is 0 Å². The molecule has 4 unspecified atom stereocenters. The van der Waals surface area contributed by atoms with Gasteiger partial charge in [-0.2, -0.15) is 12.6 Å². The third-order valence-electron chi connectivity index (χ3n) is 5.60. The van der Waals surface area contributed by atoms with Crippen LogP contribution in [0.3, 0.4) is 0 Å². The zero-order chi connectivity index (χ0) is 27.7. The molecule has 12 nitrogen and oxygen atoms in total. The van der Waals surface area contributed by atoms with Crippen LogP contribution in [0, 0.1) is 5.92 Å². The van der Waals surface area contributed by atoms with E-state index in [-0.39, 0.29) is 18.1 Å². The van der Waals surface area contributed by atoms with Crippen LogP contribution in [0.4, 0.5) is 0 Å². The number of aliphatic carboxylic acids is 2. The monoisotopic (exact) mass is 535 g/mol. The Morgan fingerprint density at radius 1 is 0.946 bits per heavy atom. The van der Waals surface area contributed by atoms with Crippen molar-refractivity contribution in [1.82, 2.24) is 20.9 Å². The highest BCUT2D eigenvalue weighted by molar-refractivity contribution is 7.80. The summed E-state index contributed by atoms with van der Waals surface area (Å²) in [5.41, 5.74) is 7.31. The average molecular weight is 536 g/mol. The smallest absolute Gasteiger partial charge is 0.326 e. The Morgan fingerprint density at radius 2 is 1.54 bits per heavy atom. The standard InChI is InChI=1S/C24H33N5O7S/c1-12(2)7-15(25)21(32)27-17(9-20(30)31)22(33)29-19(11-37)23(34)28-18(24(35)36)8-13-10-26-16-6-4-3-5-14(13)16/h3-6,10,12,15,17-19,26,37H,7-9,11,25H2,1-2H3,(H,27,32)(H,28,34)(H,29,33)(H,30,31)(H,35,36). The van der Waals surface area contributed by atoms with Crippen molar-refractivity contribution in [2.24, 2.45) is 11.7 Å². The van der Waals surface area contributed by atoms with Crippen molar-refractivity contribution in [2.45, 2.75) is 57.3 Å². The summed E-state index contributed by atoms with van der Waals surface area (Å²) >= 11 is 4.07. The molecule has 4 atom stereocenters. The number of hydrogen-bond donors (Lipinski definition) is 8. The van der Waals surface area contributed by atoms with Crippen molar-refractivity contribution in [1.29, 1.82) is 0 Å². The van der Waals surface area contributed by atoms with Crippen LogP contribution in [-0.4, -0.2) is 74.8 Å². The molecule has 8 N–H and O–H groups in total. The lowest BCUT2D eigenvalue weighted by Crippen LogP contribution is -2.58. The van der Waals surface area contributed by atoms with E-state index in [0.29, 0.717) is 12.0 Å². The summed E-state index contributed by atoms with van der Waals surface area (Å²) in [7, 11) is 0. The van der Waals surface area contributed by atoms with E-state index in [0.717, 1.165) is 10.9 Å². The quantitative estimate of drug-likeness (QED) is 0.155. The van der Waals surface area contributed by atoms with E-state index in [4.69, 9.17) is 5.73 Å². The summed E-state index contributed by atoms with van der Waals surface area (Å²) in [6.45, 7) is 3.71. The number of para-hydroxylation sites is 1. The van der Waals surface area contributed by atoms with Gasteiger partial charge in [-0.15, -0.1) is 0 Å². The van der Waals surface area contributed by atoms with Gasteiger partial charge in [-0.3, -0.25) is 19.2 Å². The number of aromatic amines is 1. The Bertz CT molecular complexity index is 1140. The van der Waals surface area contributed by atoms with Gasteiger partial charge in [0, 0.05) is 29.3 Å². The van der Waals surface area contributed by atoms with E-state index in [9.17, 15) is 34.2 Å². The molecule has 0 aliphatic carbocycles. The van der Waals surface area contributed by atoms with Crippen molar-refractivity contribution in [3.63, 3.8) is 0 Å². The predicted molar refractivity (Wildman–Crippen MR) is 139 cm³/mol. The van der Waals surface area contributed by atoms with Crippen molar-refractivity contribution in [2.75, 3.05) is 5.75 Å². The molecule has 0 bridgehead atoms. The summed E-state index contributed by atoms with van der Waals surface area (Å²) in [5.74, 6) is -5.22. The van der Waals surface area contributed by atoms with E-state index in [1.807, 2.05) is 38.1 Å². The lowest BCUT2D eigenvalue weighted by molar-refractivity contribution is -0.143. The van der Waals surface area contributed by atoms with Gasteiger partial charge in [0.1, 0.15) is 18.1 Å². The summed E-state index contributed by atoms with van der Waals surface area (Å²) in [5, 5.41) is 26.7. The zero-order valence-electron chi connectivity index (χ0n) is 20.6. The Labute approximate surface area is 219 Å². The number of carboxylic acid groups (broad SMARTS) is 2. The maximum Gasteiger partial charge on any atom is 0.326 e. The highest BCUT2D eigenvalue weighted by Crippen LogP contribution is 2.19. The number of thiol groups is 1. The molecule has 0 saturated heterocycles. The molecular weight excluding hydrogens is 502 g/mol. The normalized spacial score (nSPS) is 14.4. The van der Waals surface area contributed by atoms with Crippen LogP contribution in [0.5, 0.6) is 0 Å². The molecule has 0 fully saturated rings. The van der Waals surface area contributed by atoms with E-state index in [1.165, 1.54) is 0 Å². The van der Waals surface area contributed by atoms with Gasteiger partial charge in [-0.25, -0.2) is 4.79 Å². The molecule has 0 aliphatic rings. The lowest BCUT2D eigenvalue weighted by atomic mass is 10.0. The summed E-state index contributed by atoms with van der Waals surface area (Å²) in [4.78, 5) is 64.2. The summed E-state index contributed by atoms with van der Waals surface area (Å²) in [6.07, 6.45) is 1.21. The van der Waals surface area contributed by atoms with Crippen molar-refractivity contribution in [3.05, 3.63) is 36.0 Å². The van der Waals surface area contributed by atoms with Crippen molar-refractivity contribution in [3.8, 4) is 0 Å². The first-order chi connectivity index (χ1) is 17.4. The van der Waals surface area contributed by atoms with Gasteiger partial charge in [0.2, 0.25) is 17.7 Å². The van der Waals surface area contributed by atoms with Crippen LogP contribution < -0.4 is 21.7 Å². The minimum Gasteiger partial charge on any atom is -0.481 e. The lowest BCUT2D eigenvalue weighted by Gasteiger charge is -2.24. The maximum atomic E-state index is 12.8. The Kier molecular flexibility index (Phi) is 10.9. The maximum absolute atomic E-state index is 12.8. The zero-order valence-corrected chi connectivity index (χ0v) is 21.5. The van der Waals surface area contributed by atoms with Crippen LogP contribution >= 0.6 is 12.6 Å². The highest BCUT2D eigenvalue weighted by Gasteiger charge is 2.31. The second kappa shape index (κ2) is 13.7. The average Bonchev–Trinajstić information content (AvgIpc) is 3.23. The molecule has 2 rings (SSSR count). The topological polar surface area (TPSA) is 204 Å². The number of nitrogens with two attached hydrogens (primary N) is 1. The molecular formula is C24H33N5O7S. The minimum absolute atomic E-state index is 0.0240. The molecule has 3 amide bonds. The van der Waals surface area contributed by atoms with Gasteiger partial charge in [0.15, 0.2) is 0 Å². The Morgan fingerprint density at radius 3 is 2.14 bits per heavy atom. The van der Waals surface area contributed by atoms with Crippen molar-refractivity contribution >= 4 is 53.2 Å². The van der Waals surface area contributed by atoms with Crippen LogP contribution in [0.15, 0.2) is 30.5 Å². The number of carbonyl (C=O) groups is 5. The van der Waals surface area contributed by atoms with Gasteiger partial charge in [0.05, 0.1) is 12.5 Å². The van der Waals surface area contributed by atoms with Gasteiger partial charge >= 0.3 is 11.9 Å². The molecule has 0 saturated carbocycles. The molecule has 1 aromatic carbocycles. The predicted octanol–water partition coefficient (Wildman–Crippen LogP) is 0.0273. The SMILES string of the molecule is CC(C)CC(N)C(=O)NC(CC(=O)O)C(=O)NC(CS)C(=O)NC(Cc1c[nH]c2ccccc12)C(=O)O. The first-order valence-electron chi connectivity index (χ1n) is 11.7. The van der Waals surface area contributed by atoms with E-state index in [2.05, 4.69) is 33.6 Å². The number of carboxylic acids is 2. The van der Waals surface area contributed by atoms with Gasteiger partial charge < -0.3 is 36.9 Å². The number of amides is 3.